The molecule has 0 spiro atoms. The zero-order chi connectivity index (χ0) is 21.8. The molecular weight excluding hydrogens is 403 g/mol. The number of hydrazine groups is 1. The summed E-state index contributed by atoms with van der Waals surface area (Å²) in [5, 5.41) is 0. The molecule has 1 aliphatic rings. The summed E-state index contributed by atoms with van der Waals surface area (Å²) in [6.07, 6.45) is -0.953. The number of ketones is 1. The fraction of sp³-hybridized carbons (Fsp3) is 0.0870. The molecule has 7 nitrogen and oxygen atoms in total. The molecule has 0 bridgehead atoms. The molecule has 2 N–H and O–H groups in total. The van der Waals surface area contributed by atoms with Crippen molar-refractivity contribution in [1.82, 2.24) is 10.9 Å². The van der Waals surface area contributed by atoms with E-state index in [4.69, 9.17) is 9.47 Å². The minimum absolute atomic E-state index is 0.0155. The van der Waals surface area contributed by atoms with Crippen LogP contribution >= 0.6 is 0 Å². The number of rotatable bonds is 4. The SMILES string of the molecule is O=C(NNC(=O)[C@@H]1COc2ccccc2O1)c1ccccc1C(=O)c1ccc(F)cc1. The van der Waals surface area contributed by atoms with Crippen molar-refractivity contribution in [1.29, 1.82) is 0 Å². The zero-order valence-corrected chi connectivity index (χ0v) is 16.1. The van der Waals surface area contributed by atoms with Crippen molar-refractivity contribution in [3.8, 4) is 11.5 Å². The number of carbonyl (C=O) groups is 3. The molecule has 2 amide bonds. The highest BCUT2D eigenvalue weighted by atomic mass is 19.1. The second kappa shape index (κ2) is 8.66. The topological polar surface area (TPSA) is 93.7 Å². The summed E-state index contributed by atoms with van der Waals surface area (Å²) in [5.41, 5.74) is 4.99. The minimum Gasteiger partial charge on any atom is -0.485 e. The van der Waals surface area contributed by atoms with Gasteiger partial charge in [0, 0.05) is 11.1 Å². The molecule has 0 aromatic heterocycles. The molecule has 1 heterocycles. The average Bonchev–Trinajstić information content (AvgIpc) is 2.82. The summed E-state index contributed by atoms with van der Waals surface area (Å²) in [5.74, 6) is -1.25. The molecule has 31 heavy (non-hydrogen) atoms. The Bertz CT molecular complexity index is 1150. The summed E-state index contributed by atoms with van der Waals surface area (Å²) >= 11 is 0. The van der Waals surface area contributed by atoms with Gasteiger partial charge in [-0.2, -0.15) is 0 Å². The van der Waals surface area contributed by atoms with Gasteiger partial charge in [0.25, 0.3) is 11.8 Å². The van der Waals surface area contributed by atoms with Crippen molar-refractivity contribution in [3.05, 3.63) is 95.3 Å². The van der Waals surface area contributed by atoms with Crippen LogP contribution in [0.15, 0.2) is 72.8 Å². The highest BCUT2D eigenvalue weighted by Crippen LogP contribution is 2.30. The van der Waals surface area contributed by atoms with E-state index < -0.39 is 29.5 Å². The third-order valence-corrected chi connectivity index (χ3v) is 4.62. The number of hydrogen-bond donors (Lipinski definition) is 2. The molecule has 8 heteroatoms. The average molecular weight is 420 g/mol. The van der Waals surface area contributed by atoms with Crippen molar-refractivity contribution in [3.63, 3.8) is 0 Å². The summed E-state index contributed by atoms with van der Waals surface area (Å²) < 4.78 is 24.2. The van der Waals surface area contributed by atoms with Gasteiger partial charge in [0.15, 0.2) is 17.3 Å². The van der Waals surface area contributed by atoms with Crippen LogP contribution in [0.25, 0.3) is 0 Å². The molecular formula is C23H17FN2O5. The van der Waals surface area contributed by atoms with Crippen LogP contribution in [0.4, 0.5) is 4.39 Å². The molecule has 1 atom stereocenters. The predicted molar refractivity (Wildman–Crippen MR) is 108 cm³/mol. The van der Waals surface area contributed by atoms with Crippen LogP contribution in [0.3, 0.4) is 0 Å². The Hall–Kier alpha value is -4.20. The van der Waals surface area contributed by atoms with Crippen LogP contribution in [-0.2, 0) is 4.79 Å². The number of halogens is 1. The highest BCUT2D eigenvalue weighted by Gasteiger charge is 2.28. The molecule has 0 saturated heterocycles. The largest absolute Gasteiger partial charge is 0.485 e. The molecule has 0 saturated carbocycles. The number of hydrogen-bond acceptors (Lipinski definition) is 5. The quantitative estimate of drug-likeness (QED) is 0.500. The minimum atomic E-state index is -0.953. The van der Waals surface area contributed by atoms with E-state index in [1.165, 1.54) is 36.4 Å². The van der Waals surface area contributed by atoms with Crippen molar-refractivity contribution < 1.29 is 28.2 Å². The van der Waals surface area contributed by atoms with Crippen LogP contribution in [0.5, 0.6) is 11.5 Å². The monoisotopic (exact) mass is 420 g/mol. The van der Waals surface area contributed by atoms with Crippen molar-refractivity contribution >= 4 is 17.6 Å². The number of nitrogens with one attached hydrogen (secondary N) is 2. The van der Waals surface area contributed by atoms with Gasteiger partial charge in [0.05, 0.1) is 5.56 Å². The van der Waals surface area contributed by atoms with Crippen molar-refractivity contribution in [2.75, 3.05) is 6.61 Å². The van der Waals surface area contributed by atoms with Gasteiger partial charge in [0.1, 0.15) is 12.4 Å². The molecule has 1 aliphatic heterocycles. The summed E-state index contributed by atoms with van der Waals surface area (Å²) in [6, 6.07) is 18.1. The van der Waals surface area contributed by atoms with Crippen LogP contribution in [-0.4, -0.2) is 30.3 Å². The van der Waals surface area contributed by atoms with Gasteiger partial charge in [0.2, 0.25) is 6.10 Å². The van der Waals surface area contributed by atoms with Gasteiger partial charge in [-0.05, 0) is 42.5 Å². The lowest BCUT2D eigenvalue weighted by atomic mass is 9.98. The number of benzene rings is 3. The Morgan fingerprint density at radius 2 is 1.45 bits per heavy atom. The summed E-state index contributed by atoms with van der Waals surface area (Å²) in [7, 11) is 0. The fourth-order valence-electron chi connectivity index (χ4n) is 3.05. The van der Waals surface area contributed by atoms with Crippen molar-refractivity contribution in [2.45, 2.75) is 6.10 Å². The molecule has 0 fully saturated rings. The normalized spacial score (nSPS) is 14.4. The Labute approximate surface area is 176 Å². The first kappa shape index (κ1) is 20.1. The molecule has 156 valence electrons. The van der Waals surface area contributed by atoms with E-state index in [0.29, 0.717) is 11.5 Å². The van der Waals surface area contributed by atoms with Crippen LogP contribution in [0, 0.1) is 5.82 Å². The molecule has 0 radical (unpaired) electrons. The van der Waals surface area contributed by atoms with E-state index in [1.807, 2.05) is 0 Å². The van der Waals surface area contributed by atoms with Gasteiger partial charge in [-0.15, -0.1) is 0 Å². The first-order valence-electron chi connectivity index (χ1n) is 9.41. The maximum atomic E-state index is 13.1. The lowest BCUT2D eigenvalue weighted by molar-refractivity contribution is -0.131. The molecule has 3 aromatic carbocycles. The number of amides is 2. The van der Waals surface area contributed by atoms with Crippen LogP contribution in [0.1, 0.15) is 26.3 Å². The Morgan fingerprint density at radius 1 is 0.806 bits per heavy atom. The van der Waals surface area contributed by atoms with Gasteiger partial charge in [-0.25, -0.2) is 4.39 Å². The highest BCUT2D eigenvalue weighted by molar-refractivity contribution is 6.15. The standard InChI is InChI=1S/C23H17FN2O5/c24-15-11-9-14(10-12-15)21(27)16-5-1-2-6-17(16)22(28)25-26-23(29)20-13-30-18-7-3-4-8-19(18)31-20/h1-12,20H,13H2,(H,25,28)(H,26,29)/t20-/m0/s1. The molecule has 3 aromatic rings. The third-order valence-electron chi connectivity index (χ3n) is 4.62. The second-order valence-corrected chi connectivity index (χ2v) is 6.69. The lowest BCUT2D eigenvalue weighted by Gasteiger charge is -2.25. The lowest BCUT2D eigenvalue weighted by Crippen LogP contribution is -2.51. The Balaban J connectivity index is 1.43. The second-order valence-electron chi connectivity index (χ2n) is 6.69. The summed E-state index contributed by atoms with van der Waals surface area (Å²) in [6.45, 7) is -0.0155. The predicted octanol–water partition coefficient (Wildman–Crippen LogP) is 2.66. The van der Waals surface area contributed by atoms with Gasteiger partial charge >= 0.3 is 0 Å². The summed E-state index contributed by atoms with van der Waals surface area (Å²) in [4.78, 5) is 37.8. The van der Waals surface area contributed by atoms with Gasteiger partial charge in [-0.3, -0.25) is 25.2 Å². The van der Waals surface area contributed by atoms with Crippen LogP contribution in [0.2, 0.25) is 0 Å². The number of carbonyl (C=O) groups excluding carboxylic acids is 3. The van der Waals surface area contributed by atoms with E-state index in [-0.39, 0.29) is 23.3 Å². The smallest absolute Gasteiger partial charge is 0.283 e. The number of ether oxygens (including phenoxy) is 2. The van der Waals surface area contributed by atoms with E-state index in [9.17, 15) is 18.8 Å². The third kappa shape index (κ3) is 4.37. The molecule has 0 unspecified atom stereocenters. The Morgan fingerprint density at radius 3 is 2.19 bits per heavy atom. The molecule has 0 aliphatic carbocycles. The maximum absolute atomic E-state index is 13.1. The van der Waals surface area contributed by atoms with E-state index in [1.54, 1.807) is 36.4 Å². The van der Waals surface area contributed by atoms with Gasteiger partial charge < -0.3 is 9.47 Å². The zero-order valence-electron chi connectivity index (χ0n) is 16.1. The Kier molecular flexibility index (Phi) is 5.61. The number of fused-ring (bicyclic) bond motifs is 1. The van der Waals surface area contributed by atoms with Gasteiger partial charge in [-0.1, -0.05) is 30.3 Å². The van der Waals surface area contributed by atoms with E-state index in [0.717, 1.165) is 0 Å². The first-order chi connectivity index (χ1) is 15.0. The maximum Gasteiger partial charge on any atom is 0.283 e. The first-order valence-corrected chi connectivity index (χ1v) is 9.41. The van der Waals surface area contributed by atoms with Crippen molar-refractivity contribution in [2.24, 2.45) is 0 Å². The molecule has 4 rings (SSSR count). The van der Waals surface area contributed by atoms with E-state index in [2.05, 4.69) is 10.9 Å². The van der Waals surface area contributed by atoms with E-state index >= 15 is 0 Å². The van der Waals surface area contributed by atoms with Crippen LogP contribution < -0.4 is 20.3 Å². The fourth-order valence-corrected chi connectivity index (χ4v) is 3.05. The number of para-hydroxylation sites is 2.